The average Bonchev–Trinajstić information content (AvgIpc) is 2.20. The molecule has 0 aromatic rings. The summed E-state index contributed by atoms with van der Waals surface area (Å²) < 4.78 is 0. The first kappa shape index (κ1) is 12.0. The van der Waals surface area contributed by atoms with Crippen molar-refractivity contribution in [2.75, 3.05) is 13.1 Å². The highest BCUT2D eigenvalue weighted by Gasteiger charge is 2.10. The van der Waals surface area contributed by atoms with E-state index in [-0.39, 0.29) is 0 Å². The van der Waals surface area contributed by atoms with Gasteiger partial charge in [-0.25, -0.2) is 0 Å². The highest BCUT2D eigenvalue weighted by atomic mass is 14.9. The summed E-state index contributed by atoms with van der Waals surface area (Å²) in [5.41, 5.74) is 3.94. The zero-order valence-electron chi connectivity index (χ0n) is 9.84. The van der Waals surface area contributed by atoms with E-state index >= 15 is 0 Å². The number of hydrogen-bond donors (Lipinski definition) is 1. The molecule has 0 bridgehead atoms. The molecule has 0 aromatic heterocycles. The normalized spacial score (nSPS) is 21.1. The van der Waals surface area contributed by atoms with E-state index in [9.17, 15) is 0 Å². The van der Waals surface area contributed by atoms with Gasteiger partial charge in [0.25, 0.3) is 0 Å². The molecule has 0 amide bonds. The van der Waals surface area contributed by atoms with Gasteiger partial charge in [-0.2, -0.15) is 0 Å². The van der Waals surface area contributed by atoms with Crippen molar-refractivity contribution in [2.24, 2.45) is 5.92 Å². The van der Waals surface area contributed by atoms with Gasteiger partial charge in [0.15, 0.2) is 0 Å². The van der Waals surface area contributed by atoms with Gasteiger partial charge in [-0.1, -0.05) is 45.2 Å². The van der Waals surface area contributed by atoms with Gasteiger partial charge in [-0.15, -0.1) is 0 Å². The Labute approximate surface area is 93.3 Å². The minimum atomic E-state index is 0.540. The van der Waals surface area contributed by atoms with Crippen molar-refractivity contribution in [3.8, 4) is 0 Å². The van der Waals surface area contributed by atoms with Crippen LogP contribution in [0.1, 0.15) is 20.3 Å². The Kier molecular flexibility index (Phi) is 4.57. The smallest absolute Gasteiger partial charge is 0.0202 e. The molecule has 0 unspecified atom stereocenters. The molecular weight excluding hydrogens is 182 g/mol. The summed E-state index contributed by atoms with van der Waals surface area (Å²) in [5, 5.41) is 3.32. The molecule has 1 N–H and O–H groups in total. The second-order valence-electron chi connectivity index (χ2n) is 4.26. The van der Waals surface area contributed by atoms with E-state index in [1.54, 1.807) is 0 Å². The number of hydrogen-bond acceptors (Lipinski definition) is 1. The van der Waals surface area contributed by atoms with Crippen molar-refractivity contribution in [2.45, 2.75) is 20.3 Å². The predicted octanol–water partition coefficient (Wildman–Crippen LogP) is 3.23. The SMILES string of the molecule is C=C/C=C(\C=C1\CCNCC1=C)C(C)C. The van der Waals surface area contributed by atoms with Crippen molar-refractivity contribution in [1.82, 2.24) is 5.32 Å². The highest BCUT2D eigenvalue weighted by Crippen LogP contribution is 2.21. The van der Waals surface area contributed by atoms with Gasteiger partial charge in [-0.05, 0) is 35.6 Å². The number of allylic oxidation sites excluding steroid dienone is 4. The third kappa shape index (κ3) is 3.52. The lowest BCUT2D eigenvalue weighted by molar-refractivity contribution is 0.681. The number of nitrogens with one attached hydrogen (secondary N) is 1. The first-order valence-electron chi connectivity index (χ1n) is 5.57. The largest absolute Gasteiger partial charge is 0.312 e. The molecular formula is C14H21N. The number of rotatable bonds is 3. The molecule has 0 atom stereocenters. The van der Waals surface area contributed by atoms with Gasteiger partial charge in [0.1, 0.15) is 0 Å². The molecule has 1 aliphatic heterocycles. The lowest BCUT2D eigenvalue weighted by Crippen LogP contribution is -2.25. The molecule has 0 aliphatic carbocycles. The summed E-state index contributed by atoms with van der Waals surface area (Å²) in [6.07, 6.45) is 7.30. The van der Waals surface area contributed by atoms with E-state index < -0.39 is 0 Å². The maximum Gasteiger partial charge on any atom is 0.0202 e. The second kappa shape index (κ2) is 5.72. The van der Waals surface area contributed by atoms with Crippen LogP contribution >= 0.6 is 0 Å². The lowest BCUT2D eigenvalue weighted by Gasteiger charge is -2.19. The van der Waals surface area contributed by atoms with E-state index in [0.29, 0.717) is 5.92 Å². The Bertz CT molecular complexity index is 305. The van der Waals surface area contributed by atoms with Gasteiger partial charge in [0.2, 0.25) is 0 Å². The van der Waals surface area contributed by atoms with Gasteiger partial charge in [0.05, 0.1) is 0 Å². The Hall–Kier alpha value is -1.08. The Morgan fingerprint density at radius 2 is 2.20 bits per heavy atom. The van der Waals surface area contributed by atoms with E-state index in [0.717, 1.165) is 19.5 Å². The van der Waals surface area contributed by atoms with E-state index in [4.69, 9.17) is 0 Å². The molecule has 1 aliphatic rings. The van der Waals surface area contributed by atoms with Gasteiger partial charge >= 0.3 is 0 Å². The van der Waals surface area contributed by atoms with Gasteiger partial charge in [0, 0.05) is 6.54 Å². The fourth-order valence-electron chi connectivity index (χ4n) is 1.67. The van der Waals surface area contributed by atoms with Gasteiger partial charge in [-0.3, -0.25) is 0 Å². The summed E-state index contributed by atoms with van der Waals surface area (Å²) in [5.74, 6) is 0.540. The quantitative estimate of drug-likeness (QED) is 0.694. The summed E-state index contributed by atoms with van der Waals surface area (Å²) in [4.78, 5) is 0. The fraction of sp³-hybridized carbons (Fsp3) is 0.429. The van der Waals surface area contributed by atoms with Crippen molar-refractivity contribution >= 4 is 0 Å². The molecule has 1 heterocycles. The Balaban J connectivity index is 2.86. The van der Waals surface area contributed by atoms with Crippen molar-refractivity contribution in [3.63, 3.8) is 0 Å². The summed E-state index contributed by atoms with van der Waals surface area (Å²) in [6, 6.07) is 0. The van der Waals surface area contributed by atoms with Crippen molar-refractivity contribution in [1.29, 1.82) is 0 Å². The number of piperidine rings is 1. The monoisotopic (exact) mass is 203 g/mol. The highest BCUT2D eigenvalue weighted by molar-refractivity contribution is 5.39. The fourth-order valence-corrected chi connectivity index (χ4v) is 1.67. The van der Waals surface area contributed by atoms with Crippen LogP contribution in [0.25, 0.3) is 0 Å². The minimum Gasteiger partial charge on any atom is -0.312 e. The van der Waals surface area contributed by atoms with Crippen LogP contribution in [0.4, 0.5) is 0 Å². The first-order valence-corrected chi connectivity index (χ1v) is 5.57. The van der Waals surface area contributed by atoms with Gasteiger partial charge < -0.3 is 5.32 Å². The molecule has 1 rings (SSSR count). The van der Waals surface area contributed by atoms with E-state index in [1.807, 2.05) is 6.08 Å². The molecule has 82 valence electrons. The zero-order chi connectivity index (χ0) is 11.3. The van der Waals surface area contributed by atoms with E-state index in [2.05, 4.69) is 44.5 Å². The first-order chi connectivity index (χ1) is 7.15. The van der Waals surface area contributed by atoms with Crippen LogP contribution in [-0.2, 0) is 0 Å². The van der Waals surface area contributed by atoms with Crippen LogP contribution < -0.4 is 5.32 Å². The molecule has 15 heavy (non-hydrogen) atoms. The topological polar surface area (TPSA) is 12.0 Å². The van der Waals surface area contributed by atoms with Crippen LogP contribution in [0, 0.1) is 5.92 Å². The molecule has 1 fully saturated rings. The molecule has 0 aromatic carbocycles. The molecule has 0 radical (unpaired) electrons. The molecule has 1 saturated heterocycles. The standard InChI is InChI=1S/C14H21N/c1-5-6-13(11(2)3)9-14-7-8-15-10-12(14)4/h5-6,9,11,15H,1,4,7-8,10H2,2-3H3/b13-6+,14-9-. The Morgan fingerprint density at radius 3 is 2.73 bits per heavy atom. The van der Waals surface area contributed by atoms with Crippen molar-refractivity contribution in [3.05, 3.63) is 48.1 Å². The molecule has 1 nitrogen and oxygen atoms in total. The van der Waals surface area contributed by atoms with Crippen LogP contribution in [0.15, 0.2) is 48.1 Å². The average molecular weight is 203 g/mol. The maximum atomic E-state index is 4.08. The molecule has 1 heteroatoms. The molecule has 0 saturated carbocycles. The third-order valence-corrected chi connectivity index (χ3v) is 2.68. The predicted molar refractivity (Wildman–Crippen MR) is 67.8 cm³/mol. The lowest BCUT2D eigenvalue weighted by atomic mass is 9.94. The second-order valence-corrected chi connectivity index (χ2v) is 4.26. The zero-order valence-corrected chi connectivity index (χ0v) is 9.84. The van der Waals surface area contributed by atoms with Crippen LogP contribution in [-0.4, -0.2) is 13.1 Å². The minimum absolute atomic E-state index is 0.540. The van der Waals surface area contributed by atoms with Crippen LogP contribution in [0.2, 0.25) is 0 Å². The van der Waals surface area contributed by atoms with Crippen LogP contribution in [0.3, 0.4) is 0 Å². The third-order valence-electron chi connectivity index (χ3n) is 2.68. The van der Waals surface area contributed by atoms with E-state index in [1.165, 1.54) is 16.7 Å². The summed E-state index contributed by atoms with van der Waals surface area (Å²) in [6.45, 7) is 14.2. The maximum absolute atomic E-state index is 4.08. The summed E-state index contributed by atoms with van der Waals surface area (Å²) >= 11 is 0. The van der Waals surface area contributed by atoms with Crippen molar-refractivity contribution < 1.29 is 0 Å². The summed E-state index contributed by atoms with van der Waals surface area (Å²) in [7, 11) is 0. The Morgan fingerprint density at radius 1 is 1.47 bits per heavy atom. The molecule has 0 spiro atoms. The van der Waals surface area contributed by atoms with Crippen LogP contribution in [0.5, 0.6) is 0 Å².